The number of para-hydroxylation sites is 1. The van der Waals surface area contributed by atoms with Crippen LogP contribution in [0.5, 0.6) is 11.5 Å². The van der Waals surface area contributed by atoms with Crippen molar-refractivity contribution in [1.29, 1.82) is 0 Å². The number of aryl methyl sites for hydroxylation is 1. The summed E-state index contributed by atoms with van der Waals surface area (Å²) < 4.78 is 17.0. The van der Waals surface area contributed by atoms with E-state index in [-0.39, 0.29) is 23.7 Å². The van der Waals surface area contributed by atoms with Gasteiger partial charge in [-0.05, 0) is 62.4 Å². The van der Waals surface area contributed by atoms with Gasteiger partial charge in [0.2, 0.25) is 5.89 Å². The Hall–Kier alpha value is -4.39. The first kappa shape index (κ1) is 22.8. The van der Waals surface area contributed by atoms with Crippen molar-refractivity contribution in [1.82, 2.24) is 4.98 Å². The van der Waals surface area contributed by atoms with Crippen LogP contribution in [0.25, 0.3) is 11.5 Å². The Balaban J connectivity index is 1.44. The molecule has 0 aliphatic rings. The zero-order valence-electron chi connectivity index (χ0n) is 18.7. The monoisotopic (exact) mass is 457 g/mol. The molecule has 1 unspecified atom stereocenters. The fraction of sp³-hybridized carbons (Fsp3) is 0.148. The Morgan fingerprint density at radius 3 is 2.35 bits per heavy atom. The summed E-state index contributed by atoms with van der Waals surface area (Å²) in [6.07, 6.45) is -1.08. The van der Waals surface area contributed by atoms with Crippen LogP contribution in [-0.2, 0) is 11.4 Å². The number of benzene rings is 3. The largest absolute Gasteiger partial charge is 0.487 e. The smallest absolute Gasteiger partial charge is 0.344 e. The van der Waals surface area contributed by atoms with Gasteiger partial charge in [0.15, 0.2) is 11.9 Å². The summed E-state index contributed by atoms with van der Waals surface area (Å²) in [7, 11) is 0. The highest BCUT2D eigenvalue weighted by molar-refractivity contribution is 6.10. The predicted molar refractivity (Wildman–Crippen MR) is 125 cm³/mol. The molecule has 7 nitrogen and oxygen atoms in total. The van der Waals surface area contributed by atoms with Crippen molar-refractivity contribution in [2.75, 3.05) is 0 Å². The van der Waals surface area contributed by atoms with Crippen LogP contribution in [0.4, 0.5) is 0 Å². The minimum absolute atomic E-state index is 0.221. The molecule has 1 N–H and O–H groups in total. The first-order chi connectivity index (χ1) is 16.4. The molecule has 34 heavy (non-hydrogen) atoms. The molecule has 4 aromatic rings. The molecule has 1 atom stereocenters. The van der Waals surface area contributed by atoms with E-state index in [1.54, 1.807) is 48.5 Å². The number of nitrogens with zero attached hydrogens (tertiary/aromatic N) is 1. The zero-order valence-corrected chi connectivity index (χ0v) is 18.7. The van der Waals surface area contributed by atoms with Crippen LogP contribution >= 0.6 is 0 Å². The molecule has 7 heteroatoms. The van der Waals surface area contributed by atoms with Crippen molar-refractivity contribution in [2.24, 2.45) is 0 Å². The second-order valence-corrected chi connectivity index (χ2v) is 7.62. The summed E-state index contributed by atoms with van der Waals surface area (Å²) in [4.78, 5) is 28.6. The highest BCUT2D eigenvalue weighted by Gasteiger charge is 2.19. The highest BCUT2D eigenvalue weighted by atomic mass is 16.5. The number of carboxylic acid groups (broad SMARTS) is 1. The van der Waals surface area contributed by atoms with Gasteiger partial charge in [-0.2, -0.15) is 0 Å². The molecule has 172 valence electrons. The molecule has 0 radical (unpaired) electrons. The SMILES string of the molecule is Cc1oc(-c2ccccc2)nc1COc1ccc(C(=O)c2ccccc2OC(C)C(=O)O)cc1. The summed E-state index contributed by atoms with van der Waals surface area (Å²) in [5, 5.41) is 9.10. The summed E-state index contributed by atoms with van der Waals surface area (Å²) in [6.45, 7) is 3.47. The normalized spacial score (nSPS) is 11.6. The van der Waals surface area contributed by atoms with Gasteiger partial charge in [-0.3, -0.25) is 4.79 Å². The first-order valence-electron chi connectivity index (χ1n) is 10.7. The van der Waals surface area contributed by atoms with E-state index in [0.717, 1.165) is 5.56 Å². The first-order valence-corrected chi connectivity index (χ1v) is 10.7. The molecule has 0 saturated carbocycles. The predicted octanol–water partition coefficient (Wildman–Crippen LogP) is 5.31. The molecule has 1 aromatic heterocycles. The average molecular weight is 457 g/mol. The van der Waals surface area contributed by atoms with E-state index < -0.39 is 12.1 Å². The molecule has 0 amide bonds. The summed E-state index contributed by atoms with van der Waals surface area (Å²) in [5.74, 6) is 0.623. The lowest BCUT2D eigenvalue weighted by Crippen LogP contribution is -2.23. The van der Waals surface area contributed by atoms with Crippen LogP contribution in [0, 0.1) is 6.92 Å². The molecule has 1 heterocycles. The van der Waals surface area contributed by atoms with Crippen LogP contribution in [0.15, 0.2) is 83.3 Å². The van der Waals surface area contributed by atoms with Crippen LogP contribution < -0.4 is 9.47 Å². The standard InChI is InChI=1S/C27H23NO6/c1-17-23(28-26(34-17)20-8-4-3-5-9-20)16-32-21-14-12-19(13-15-21)25(29)22-10-6-7-11-24(22)33-18(2)27(30)31/h3-15,18H,16H2,1-2H3,(H,30,31). The van der Waals surface area contributed by atoms with Gasteiger partial charge in [0.1, 0.15) is 29.6 Å². The molecular formula is C27H23NO6. The topological polar surface area (TPSA) is 98.9 Å². The molecule has 0 spiro atoms. The Morgan fingerprint density at radius 2 is 1.65 bits per heavy atom. The van der Waals surface area contributed by atoms with Gasteiger partial charge in [-0.25, -0.2) is 9.78 Å². The maximum atomic E-state index is 13.0. The van der Waals surface area contributed by atoms with E-state index in [1.165, 1.54) is 6.92 Å². The maximum Gasteiger partial charge on any atom is 0.344 e. The van der Waals surface area contributed by atoms with Crippen molar-refractivity contribution < 1.29 is 28.6 Å². The summed E-state index contributed by atoms with van der Waals surface area (Å²) >= 11 is 0. The second kappa shape index (κ2) is 10.0. The highest BCUT2D eigenvalue weighted by Crippen LogP contribution is 2.25. The van der Waals surface area contributed by atoms with Gasteiger partial charge in [0.25, 0.3) is 0 Å². The lowest BCUT2D eigenvalue weighted by Gasteiger charge is -2.14. The number of carbonyl (C=O) groups excluding carboxylic acids is 1. The fourth-order valence-corrected chi connectivity index (χ4v) is 3.27. The van der Waals surface area contributed by atoms with Crippen molar-refractivity contribution >= 4 is 11.8 Å². The Labute approximate surface area is 196 Å². The Kier molecular flexibility index (Phi) is 6.73. The summed E-state index contributed by atoms with van der Waals surface area (Å²) in [6, 6.07) is 22.9. The third kappa shape index (κ3) is 5.15. The van der Waals surface area contributed by atoms with Gasteiger partial charge < -0.3 is 19.0 Å². The van der Waals surface area contributed by atoms with Gasteiger partial charge in [0.05, 0.1) is 5.56 Å². The number of rotatable bonds is 9. The molecule has 4 rings (SSSR count). The lowest BCUT2D eigenvalue weighted by molar-refractivity contribution is -0.144. The van der Waals surface area contributed by atoms with E-state index in [2.05, 4.69) is 4.98 Å². The van der Waals surface area contributed by atoms with Crippen LogP contribution in [0.2, 0.25) is 0 Å². The van der Waals surface area contributed by atoms with E-state index in [9.17, 15) is 9.59 Å². The number of hydrogen-bond donors (Lipinski definition) is 1. The van der Waals surface area contributed by atoms with Crippen LogP contribution in [0.1, 0.15) is 34.3 Å². The summed E-state index contributed by atoms with van der Waals surface area (Å²) in [5.41, 5.74) is 2.30. The lowest BCUT2D eigenvalue weighted by atomic mass is 10.0. The number of oxazole rings is 1. The number of hydrogen-bond acceptors (Lipinski definition) is 6. The molecule has 0 saturated heterocycles. The molecule has 0 aliphatic carbocycles. The molecule has 0 bridgehead atoms. The number of carbonyl (C=O) groups is 2. The number of ether oxygens (including phenoxy) is 2. The van der Waals surface area contributed by atoms with Crippen LogP contribution in [0.3, 0.4) is 0 Å². The van der Waals surface area contributed by atoms with Crippen molar-refractivity contribution in [3.8, 4) is 23.0 Å². The fourth-order valence-electron chi connectivity index (χ4n) is 3.27. The third-order valence-corrected chi connectivity index (χ3v) is 5.19. The number of aromatic nitrogens is 1. The molecule has 0 fully saturated rings. The van der Waals surface area contributed by atoms with Crippen LogP contribution in [-0.4, -0.2) is 27.9 Å². The van der Waals surface area contributed by atoms with E-state index >= 15 is 0 Å². The van der Waals surface area contributed by atoms with Gasteiger partial charge in [0, 0.05) is 11.1 Å². The van der Waals surface area contributed by atoms with Crippen molar-refractivity contribution in [3.05, 3.63) is 101 Å². The van der Waals surface area contributed by atoms with Gasteiger partial charge in [-0.1, -0.05) is 30.3 Å². The molecular weight excluding hydrogens is 434 g/mol. The van der Waals surface area contributed by atoms with Crippen molar-refractivity contribution in [3.63, 3.8) is 0 Å². The Morgan fingerprint density at radius 1 is 0.971 bits per heavy atom. The van der Waals surface area contributed by atoms with Gasteiger partial charge in [-0.15, -0.1) is 0 Å². The van der Waals surface area contributed by atoms with Crippen molar-refractivity contribution in [2.45, 2.75) is 26.6 Å². The van der Waals surface area contributed by atoms with E-state index in [1.807, 2.05) is 37.3 Å². The maximum absolute atomic E-state index is 13.0. The average Bonchev–Trinajstić information content (AvgIpc) is 3.24. The Bertz CT molecular complexity index is 1290. The van der Waals surface area contributed by atoms with Gasteiger partial charge >= 0.3 is 5.97 Å². The third-order valence-electron chi connectivity index (χ3n) is 5.19. The number of carboxylic acids is 1. The minimum atomic E-state index is -1.11. The number of ketones is 1. The van der Waals surface area contributed by atoms with E-state index in [4.69, 9.17) is 19.0 Å². The van der Waals surface area contributed by atoms with E-state index in [0.29, 0.717) is 28.7 Å². The number of aliphatic carboxylic acids is 1. The molecule has 3 aromatic carbocycles. The second-order valence-electron chi connectivity index (χ2n) is 7.62. The molecule has 0 aliphatic heterocycles. The quantitative estimate of drug-likeness (QED) is 0.340. The minimum Gasteiger partial charge on any atom is -0.487 e. The zero-order chi connectivity index (χ0) is 24.1.